The average Bonchev–Trinajstić information content (AvgIpc) is 2.13. The third-order valence-electron chi connectivity index (χ3n) is 2.31. The molecule has 1 amide bonds. The number of hydrogen-bond acceptors (Lipinski definition) is 2. The molecule has 1 aromatic heterocycles. The summed E-state index contributed by atoms with van der Waals surface area (Å²) < 4.78 is 0. The van der Waals surface area contributed by atoms with Crippen LogP contribution in [-0.2, 0) is 0 Å². The monoisotopic (exact) mass is 210 g/mol. The second-order valence-corrected chi connectivity index (χ2v) is 4.06. The van der Waals surface area contributed by atoms with Crippen molar-refractivity contribution >= 4 is 17.5 Å². The molecule has 0 spiro atoms. The van der Waals surface area contributed by atoms with E-state index < -0.39 is 0 Å². The van der Waals surface area contributed by atoms with Crippen molar-refractivity contribution in [1.82, 2.24) is 9.88 Å². The van der Waals surface area contributed by atoms with Crippen molar-refractivity contribution in [3.8, 4) is 0 Å². The second-order valence-electron chi connectivity index (χ2n) is 3.65. The fourth-order valence-corrected chi connectivity index (χ4v) is 1.76. The molecule has 14 heavy (non-hydrogen) atoms. The SMILES string of the molecule is CC1CN(C(=O)c2ncccc2Cl)C1. The first-order valence-electron chi connectivity index (χ1n) is 4.58. The molecule has 0 N–H and O–H groups in total. The standard InChI is InChI=1S/C10H11ClN2O/c1-7-5-13(6-7)10(14)9-8(11)3-2-4-12-9/h2-4,7H,5-6H2,1H3. The molecular weight excluding hydrogens is 200 g/mol. The molecule has 2 rings (SSSR count). The van der Waals surface area contributed by atoms with Crippen LogP contribution in [0.15, 0.2) is 18.3 Å². The van der Waals surface area contributed by atoms with Crippen LogP contribution in [0.2, 0.25) is 5.02 Å². The maximum absolute atomic E-state index is 11.8. The van der Waals surface area contributed by atoms with Gasteiger partial charge in [0.05, 0.1) is 5.02 Å². The van der Waals surface area contributed by atoms with Gasteiger partial charge in [0.25, 0.3) is 5.91 Å². The number of amides is 1. The Morgan fingerprint density at radius 3 is 2.93 bits per heavy atom. The van der Waals surface area contributed by atoms with Crippen molar-refractivity contribution in [2.45, 2.75) is 6.92 Å². The zero-order valence-electron chi connectivity index (χ0n) is 7.90. The molecule has 1 fully saturated rings. The Labute approximate surface area is 87.7 Å². The predicted molar refractivity (Wildman–Crippen MR) is 54.3 cm³/mol. The van der Waals surface area contributed by atoms with Gasteiger partial charge in [0.2, 0.25) is 0 Å². The minimum Gasteiger partial charge on any atom is -0.337 e. The third-order valence-corrected chi connectivity index (χ3v) is 2.62. The van der Waals surface area contributed by atoms with E-state index in [2.05, 4.69) is 11.9 Å². The molecule has 0 bridgehead atoms. The van der Waals surface area contributed by atoms with Crippen LogP contribution in [0.25, 0.3) is 0 Å². The third kappa shape index (κ3) is 1.60. The number of pyridine rings is 1. The maximum Gasteiger partial charge on any atom is 0.274 e. The van der Waals surface area contributed by atoms with Gasteiger partial charge in [0, 0.05) is 19.3 Å². The quantitative estimate of drug-likeness (QED) is 0.709. The van der Waals surface area contributed by atoms with Crippen LogP contribution in [0.5, 0.6) is 0 Å². The van der Waals surface area contributed by atoms with Gasteiger partial charge < -0.3 is 4.90 Å². The van der Waals surface area contributed by atoms with E-state index in [1.165, 1.54) is 0 Å². The molecule has 1 saturated heterocycles. The topological polar surface area (TPSA) is 33.2 Å². The van der Waals surface area contributed by atoms with Crippen LogP contribution in [-0.4, -0.2) is 28.9 Å². The minimum absolute atomic E-state index is 0.0614. The number of likely N-dealkylation sites (tertiary alicyclic amines) is 1. The summed E-state index contributed by atoms with van der Waals surface area (Å²) in [6, 6.07) is 3.41. The largest absolute Gasteiger partial charge is 0.337 e. The van der Waals surface area contributed by atoms with Crippen molar-refractivity contribution in [3.05, 3.63) is 29.0 Å². The second kappa shape index (κ2) is 3.58. The van der Waals surface area contributed by atoms with E-state index in [1.807, 2.05) is 0 Å². The lowest BCUT2D eigenvalue weighted by molar-refractivity contribution is 0.0524. The maximum atomic E-state index is 11.8. The zero-order chi connectivity index (χ0) is 10.1. The van der Waals surface area contributed by atoms with Gasteiger partial charge in [-0.2, -0.15) is 0 Å². The number of carbonyl (C=O) groups excluding carboxylic acids is 1. The molecule has 1 aliphatic heterocycles. The molecule has 1 aromatic rings. The Bertz CT molecular complexity index is 361. The normalized spacial score (nSPS) is 16.6. The average molecular weight is 211 g/mol. The number of nitrogens with zero attached hydrogens (tertiary/aromatic N) is 2. The highest BCUT2D eigenvalue weighted by molar-refractivity contribution is 6.33. The Morgan fingerprint density at radius 2 is 2.36 bits per heavy atom. The van der Waals surface area contributed by atoms with Crippen LogP contribution in [0.4, 0.5) is 0 Å². The van der Waals surface area contributed by atoms with Crippen molar-refractivity contribution in [1.29, 1.82) is 0 Å². The molecule has 4 heteroatoms. The van der Waals surface area contributed by atoms with E-state index in [1.54, 1.807) is 23.2 Å². The summed E-state index contributed by atoms with van der Waals surface area (Å²) in [4.78, 5) is 17.5. The molecule has 0 atom stereocenters. The number of halogens is 1. The summed E-state index contributed by atoms with van der Waals surface area (Å²) in [6.07, 6.45) is 1.59. The van der Waals surface area contributed by atoms with Crippen molar-refractivity contribution in [2.75, 3.05) is 13.1 Å². The first kappa shape index (κ1) is 9.46. The lowest BCUT2D eigenvalue weighted by Crippen LogP contribution is -2.48. The smallest absolute Gasteiger partial charge is 0.274 e. The number of aromatic nitrogens is 1. The lowest BCUT2D eigenvalue weighted by atomic mass is 10.0. The van der Waals surface area contributed by atoms with E-state index in [4.69, 9.17) is 11.6 Å². The lowest BCUT2D eigenvalue weighted by Gasteiger charge is -2.36. The molecule has 0 aliphatic carbocycles. The molecular formula is C10H11ClN2O. The molecule has 0 saturated carbocycles. The predicted octanol–water partition coefficient (Wildman–Crippen LogP) is 1.83. The van der Waals surface area contributed by atoms with Gasteiger partial charge in [-0.05, 0) is 18.1 Å². The van der Waals surface area contributed by atoms with Gasteiger partial charge in [0.1, 0.15) is 5.69 Å². The molecule has 1 aliphatic rings. The number of rotatable bonds is 1. The van der Waals surface area contributed by atoms with Gasteiger partial charge in [0.15, 0.2) is 0 Å². The molecule has 0 aromatic carbocycles. The van der Waals surface area contributed by atoms with Gasteiger partial charge in [-0.1, -0.05) is 18.5 Å². The molecule has 2 heterocycles. The number of hydrogen-bond donors (Lipinski definition) is 0. The first-order chi connectivity index (χ1) is 6.68. The van der Waals surface area contributed by atoms with E-state index in [-0.39, 0.29) is 5.91 Å². The van der Waals surface area contributed by atoms with E-state index in [0.717, 1.165) is 13.1 Å². The van der Waals surface area contributed by atoms with Crippen LogP contribution < -0.4 is 0 Å². The van der Waals surface area contributed by atoms with Gasteiger partial charge in [-0.15, -0.1) is 0 Å². The summed E-state index contributed by atoms with van der Waals surface area (Å²) in [5, 5.41) is 0.428. The van der Waals surface area contributed by atoms with Crippen LogP contribution in [0, 0.1) is 5.92 Å². The van der Waals surface area contributed by atoms with Crippen LogP contribution in [0.1, 0.15) is 17.4 Å². The molecule has 0 radical (unpaired) electrons. The first-order valence-corrected chi connectivity index (χ1v) is 4.96. The highest BCUT2D eigenvalue weighted by atomic mass is 35.5. The molecule has 0 unspecified atom stereocenters. The van der Waals surface area contributed by atoms with Crippen LogP contribution in [0.3, 0.4) is 0 Å². The Morgan fingerprint density at radius 1 is 1.64 bits per heavy atom. The van der Waals surface area contributed by atoms with E-state index in [0.29, 0.717) is 16.6 Å². The summed E-state index contributed by atoms with van der Waals surface area (Å²) in [7, 11) is 0. The van der Waals surface area contributed by atoms with Crippen LogP contribution >= 0.6 is 11.6 Å². The summed E-state index contributed by atoms with van der Waals surface area (Å²) >= 11 is 5.87. The van der Waals surface area contributed by atoms with Crippen molar-refractivity contribution in [2.24, 2.45) is 5.92 Å². The van der Waals surface area contributed by atoms with Crippen molar-refractivity contribution in [3.63, 3.8) is 0 Å². The Balaban J connectivity index is 2.16. The summed E-state index contributed by atoms with van der Waals surface area (Å²) in [5.74, 6) is 0.537. The van der Waals surface area contributed by atoms with Gasteiger partial charge in [-0.25, -0.2) is 4.98 Å². The van der Waals surface area contributed by atoms with E-state index in [9.17, 15) is 4.79 Å². The Kier molecular flexibility index (Phi) is 2.42. The van der Waals surface area contributed by atoms with Gasteiger partial charge >= 0.3 is 0 Å². The summed E-state index contributed by atoms with van der Waals surface area (Å²) in [6.45, 7) is 3.74. The zero-order valence-corrected chi connectivity index (χ0v) is 8.66. The highest BCUT2D eigenvalue weighted by Crippen LogP contribution is 2.20. The van der Waals surface area contributed by atoms with E-state index >= 15 is 0 Å². The fraction of sp³-hybridized carbons (Fsp3) is 0.400. The van der Waals surface area contributed by atoms with Crippen molar-refractivity contribution < 1.29 is 4.79 Å². The van der Waals surface area contributed by atoms with Gasteiger partial charge in [-0.3, -0.25) is 4.79 Å². The minimum atomic E-state index is -0.0614. The number of carbonyl (C=O) groups is 1. The summed E-state index contributed by atoms with van der Waals surface area (Å²) in [5.41, 5.74) is 0.362. The fourth-order valence-electron chi connectivity index (χ4n) is 1.56. The molecule has 3 nitrogen and oxygen atoms in total. The Hall–Kier alpha value is -1.09. The highest BCUT2D eigenvalue weighted by Gasteiger charge is 2.29. The molecule has 74 valence electrons.